The number of thioether (sulfide) groups is 1. The van der Waals surface area contributed by atoms with Gasteiger partial charge in [-0.05, 0) is 54.1 Å². The van der Waals surface area contributed by atoms with Crippen LogP contribution < -0.4 is 5.32 Å². The summed E-state index contributed by atoms with van der Waals surface area (Å²) in [5.74, 6) is -0.0100. The third-order valence-electron chi connectivity index (χ3n) is 4.22. The Kier molecular flexibility index (Phi) is 5.56. The summed E-state index contributed by atoms with van der Waals surface area (Å²) >= 11 is 3.12. The third-order valence-corrected chi connectivity index (χ3v) is 6.43. The first-order chi connectivity index (χ1) is 14.1. The molecule has 3 aromatic carbocycles. The molecule has 0 aliphatic rings. The summed E-state index contributed by atoms with van der Waals surface area (Å²) in [6.07, 6.45) is 0. The van der Waals surface area contributed by atoms with Crippen LogP contribution >= 0.6 is 23.1 Å². The second-order valence-corrected chi connectivity index (χ2v) is 8.43. The number of amides is 1. The summed E-state index contributed by atoms with van der Waals surface area (Å²) in [4.78, 5) is 16.9. The maximum Gasteiger partial charge on any atom is 0.255 e. The van der Waals surface area contributed by atoms with Crippen molar-refractivity contribution in [3.05, 3.63) is 89.2 Å². The summed E-state index contributed by atoms with van der Waals surface area (Å²) in [6, 6.07) is 20.7. The van der Waals surface area contributed by atoms with Crippen molar-refractivity contribution in [2.24, 2.45) is 0 Å². The van der Waals surface area contributed by atoms with E-state index in [1.807, 2.05) is 36.4 Å². The fourth-order valence-corrected chi connectivity index (χ4v) is 4.85. The second-order valence-electron chi connectivity index (χ2n) is 6.18. The molecule has 0 radical (unpaired) electrons. The van der Waals surface area contributed by atoms with E-state index < -0.39 is 0 Å². The largest absolute Gasteiger partial charge is 0.322 e. The van der Waals surface area contributed by atoms with Gasteiger partial charge in [0.25, 0.3) is 5.91 Å². The van der Waals surface area contributed by atoms with Crippen molar-refractivity contribution < 1.29 is 9.18 Å². The topological polar surface area (TPSA) is 65.8 Å². The molecule has 1 N–H and O–H groups in total. The third kappa shape index (κ3) is 4.45. The van der Waals surface area contributed by atoms with Gasteiger partial charge < -0.3 is 5.32 Å². The van der Waals surface area contributed by atoms with Crippen molar-refractivity contribution in [1.82, 2.24) is 4.98 Å². The number of carbonyl (C=O) groups excluding carboxylic acids is 1. The number of hydrogen-bond acceptors (Lipinski definition) is 5. The number of carbonyl (C=O) groups is 1. The number of thiazole rings is 1. The Bertz CT molecular complexity index is 1230. The summed E-state index contributed by atoms with van der Waals surface area (Å²) in [6.45, 7) is 0. The van der Waals surface area contributed by atoms with Crippen LogP contribution in [0.4, 0.5) is 10.1 Å². The van der Waals surface area contributed by atoms with Gasteiger partial charge in [0.05, 0.1) is 21.8 Å². The van der Waals surface area contributed by atoms with E-state index in [-0.39, 0.29) is 11.7 Å². The van der Waals surface area contributed by atoms with E-state index in [4.69, 9.17) is 0 Å². The maximum absolute atomic E-state index is 13.0. The average molecular weight is 420 g/mol. The molecule has 7 heteroatoms. The minimum atomic E-state index is -0.380. The van der Waals surface area contributed by atoms with Crippen LogP contribution in [0.25, 0.3) is 10.2 Å². The zero-order valence-corrected chi connectivity index (χ0v) is 16.7. The molecule has 4 rings (SSSR count). The Morgan fingerprint density at radius 1 is 1.14 bits per heavy atom. The number of nitriles is 1. The Hall–Kier alpha value is -3.21. The van der Waals surface area contributed by atoms with Crippen LogP contribution in [0, 0.1) is 17.1 Å². The van der Waals surface area contributed by atoms with E-state index in [9.17, 15) is 14.4 Å². The van der Waals surface area contributed by atoms with Gasteiger partial charge in [0.1, 0.15) is 5.82 Å². The molecular formula is C22H14FN3OS2. The minimum absolute atomic E-state index is 0.295. The normalized spacial score (nSPS) is 10.6. The predicted molar refractivity (Wildman–Crippen MR) is 115 cm³/mol. The standard InChI is InChI=1S/C22H14FN3OS2/c23-17-7-5-14(6-8-17)21(27)25-18-9-10-19-20(11-18)29-22(26-19)28-13-16-4-2-1-3-15(16)12-24/h1-11H,13H2,(H,25,27). The zero-order valence-electron chi connectivity index (χ0n) is 15.1. The molecule has 0 bridgehead atoms. The lowest BCUT2D eigenvalue weighted by atomic mass is 10.1. The monoisotopic (exact) mass is 419 g/mol. The molecule has 0 fully saturated rings. The van der Waals surface area contributed by atoms with Gasteiger partial charge >= 0.3 is 0 Å². The van der Waals surface area contributed by atoms with Crippen molar-refractivity contribution in [3.63, 3.8) is 0 Å². The van der Waals surface area contributed by atoms with Crippen LogP contribution in [0.5, 0.6) is 0 Å². The van der Waals surface area contributed by atoms with Crippen molar-refractivity contribution in [2.45, 2.75) is 10.1 Å². The molecule has 0 saturated heterocycles. The fraction of sp³-hybridized carbons (Fsp3) is 0.0455. The first-order valence-electron chi connectivity index (χ1n) is 8.71. The lowest BCUT2D eigenvalue weighted by Crippen LogP contribution is -2.11. The number of nitrogens with zero attached hydrogens (tertiary/aromatic N) is 2. The molecule has 4 aromatic rings. The second kappa shape index (κ2) is 8.43. The van der Waals surface area contributed by atoms with Crippen LogP contribution in [0.3, 0.4) is 0 Å². The van der Waals surface area contributed by atoms with Crippen LogP contribution in [-0.4, -0.2) is 10.9 Å². The van der Waals surface area contributed by atoms with Gasteiger partial charge in [-0.2, -0.15) is 5.26 Å². The highest BCUT2D eigenvalue weighted by molar-refractivity contribution is 8.00. The van der Waals surface area contributed by atoms with Gasteiger partial charge in [-0.3, -0.25) is 4.79 Å². The summed E-state index contributed by atoms with van der Waals surface area (Å²) in [7, 11) is 0. The quantitative estimate of drug-likeness (QED) is 0.412. The molecule has 0 saturated carbocycles. The highest BCUT2D eigenvalue weighted by atomic mass is 32.2. The molecular weight excluding hydrogens is 405 g/mol. The van der Waals surface area contributed by atoms with Gasteiger partial charge in [0, 0.05) is 17.0 Å². The summed E-state index contributed by atoms with van der Waals surface area (Å²) < 4.78 is 14.9. The number of anilines is 1. The van der Waals surface area contributed by atoms with Gasteiger partial charge in [-0.25, -0.2) is 9.37 Å². The molecule has 0 atom stereocenters. The van der Waals surface area contributed by atoms with E-state index in [0.717, 1.165) is 20.1 Å². The van der Waals surface area contributed by atoms with Crippen LogP contribution in [0.15, 0.2) is 71.1 Å². The van der Waals surface area contributed by atoms with Gasteiger partial charge in [-0.15, -0.1) is 11.3 Å². The van der Waals surface area contributed by atoms with E-state index in [1.54, 1.807) is 17.8 Å². The van der Waals surface area contributed by atoms with Gasteiger partial charge in [-0.1, -0.05) is 30.0 Å². The van der Waals surface area contributed by atoms with E-state index in [2.05, 4.69) is 16.4 Å². The van der Waals surface area contributed by atoms with Gasteiger partial charge in [0.15, 0.2) is 4.34 Å². The van der Waals surface area contributed by atoms with Crippen LogP contribution in [0.1, 0.15) is 21.5 Å². The predicted octanol–water partition coefficient (Wildman–Crippen LogP) is 5.85. The molecule has 1 heterocycles. The smallest absolute Gasteiger partial charge is 0.255 e. The average Bonchev–Trinajstić information content (AvgIpc) is 3.15. The molecule has 0 aliphatic heterocycles. The molecule has 1 aromatic heterocycles. The number of aromatic nitrogens is 1. The first-order valence-corrected chi connectivity index (χ1v) is 10.5. The zero-order chi connectivity index (χ0) is 20.2. The Balaban J connectivity index is 1.48. The molecule has 142 valence electrons. The lowest BCUT2D eigenvalue weighted by Gasteiger charge is -2.05. The molecule has 4 nitrogen and oxygen atoms in total. The van der Waals surface area contributed by atoms with Crippen molar-refractivity contribution in [3.8, 4) is 6.07 Å². The molecule has 0 spiro atoms. The number of fused-ring (bicyclic) bond motifs is 1. The highest BCUT2D eigenvalue weighted by Crippen LogP contribution is 2.33. The van der Waals surface area contributed by atoms with Crippen molar-refractivity contribution in [1.29, 1.82) is 5.26 Å². The number of nitrogens with one attached hydrogen (secondary N) is 1. The Labute approximate surface area is 175 Å². The number of halogens is 1. The number of benzene rings is 3. The lowest BCUT2D eigenvalue weighted by molar-refractivity contribution is 0.102. The highest BCUT2D eigenvalue weighted by Gasteiger charge is 2.10. The Morgan fingerprint density at radius 3 is 2.72 bits per heavy atom. The minimum Gasteiger partial charge on any atom is -0.322 e. The van der Waals surface area contributed by atoms with Crippen LogP contribution in [-0.2, 0) is 5.75 Å². The molecule has 0 unspecified atom stereocenters. The van der Waals surface area contributed by atoms with Crippen LogP contribution in [0.2, 0.25) is 0 Å². The van der Waals surface area contributed by atoms with Crippen molar-refractivity contribution >= 4 is 44.9 Å². The molecule has 1 amide bonds. The SMILES string of the molecule is N#Cc1ccccc1CSc1nc2ccc(NC(=O)c3ccc(F)cc3)cc2s1. The summed E-state index contributed by atoms with van der Waals surface area (Å²) in [5.41, 5.74) is 3.55. The first kappa shape index (κ1) is 19.1. The molecule has 29 heavy (non-hydrogen) atoms. The molecule has 0 aliphatic carbocycles. The van der Waals surface area contributed by atoms with Crippen molar-refractivity contribution in [2.75, 3.05) is 5.32 Å². The Morgan fingerprint density at radius 2 is 1.93 bits per heavy atom. The fourth-order valence-electron chi connectivity index (χ4n) is 2.74. The van der Waals surface area contributed by atoms with E-state index >= 15 is 0 Å². The van der Waals surface area contributed by atoms with Gasteiger partial charge in [0.2, 0.25) is 0 Å². The summed E-state index contributed by atoms with van der Waals surface area (Å²) in [5, 5.41) is 12.0. The van der Waals surface area contributed by atoms with E-state index in [1.165, 1.54) is 35.6 Å². The van der Waals surface area contributed by atoms with E-state index in [0.29, 0.717) is 22.6 Å². The number of hydrogen-bond donors (Lipinski definition) is 1. The number of rotatable bonds is 5. The maximum atomic E-state index is 13.0.